The molecule has 0 aromatic carbocycles. The summed E-state index contributed by atoms with van der Waals surface area (Å²) in [4.78, 5) is 3.60. The van der Waals surface area contributed by atoms with E-state index in [2.05, 4.69) is 20.9 Å². The van der Waals surface area contributed by atoms with E-state index in [1.807, 2.05) is 0 Å². The highest BCUT2D eigenvalue weighted by Crippen LogP contribution is 2.36. The van der Waals surface area contributed by atoms with Gasteiger partial charge in [0, 0.05) is 10.7 Å². The van der Waals surface area contributed by atoms with E-state index in [1.54, 1.807) is 0 Å². The van der Waals surface area contributed by atoms with Crippen LogP contribution in [0.5, 0.6) is 0 Å². The molecule has 0 atom stereocenters. The smallest absolute Gasteiger partial charge is 0.384 e. The predicted octanol–water partition coefficient (Wildman–Crippen LogP) is 3.09. The second-order valence-electron chi connectivity index (χ2n) is 3.61. The van der Waals surface area contributed by atoms with Crippen molar-refractivity contribution in [1.29, 1.82) is 0 Å². The molecule has 0 spiro atoms. The highest BCUT2D eigenvalue weighted by molar-refractivity contribution is 9.10. The largest absolute Gasteiger partial charge is 0.418 e. The minimum atomic E-state index is -4.52. The van der Waals surface area contributed by atoms with E-state index < -0.39 is 17.3 Å². The fourth-order valence-corrected chi connectivity index (χ4v) is 1.47. The number of aromatic nitrogens is 1. The quantitative estimate of drug-likeness (QED) is 0.859. The Labute approximate surface area is 93.3 Å². The van der Waals surface area contributed by atoms with Gasteiger partial charge in [-0.15, -0.1) is 0 Å². The van der Waals surface area contributed by atoms with Crippen LogP contribution in [0.2, 0.25) is 0 Å². The van der Waals surface area contributed by atoms with Gasteiger partial charge in [-0.05, 0) is 35.8 Å². The molecule has 2 nitrogen and oxygen atoms in total. The molecule has 1 heterocycles. The molecule has 0 saturated carbocycles. The maximum atomic E-state index is 12.6. The topological polar surface area (TPSA) is 33.1 Å². The lowest BCUT2D eigenvalue weighted by molar-refractivity contribution is -0.140. The van der Waals surface area contributed by atoms with Crippen LogP contribution in [0.4, 0.5) is 13.2 Å². The molecule has 0 aliphatic rings. The van der Waals surface area contributed by atoms with Crippen molar-refractivity contribution in [3.05, 3.63) is 28.0 Å². The molecule has 1 aromatic rings. The van der Waals surface area contributed by atoms with Gasteiger partial charge in [0.25, 0.3) is 0 Å². The molecule has 0 unspecified atom stereocenters. The average Bonchev–Trinajstić information content (AvgIpc) is 2.00. The third-order valence-corrected chi connectivity index (χ3v) is 2.17. The number of pyridine rings is 1. The van der Waals surface area contributed by atoms with Crippen LogP contribution in [0, 0.1) is 0 Å². The van der Waals surface area contributed by atoms with Crippen molar-refractivity contribution in [3.8, 4) is 0 Å². The first-order valence-corrected chi connectivity index (χ1v) is 4.87. The number of halogens is 4. The Balaban J connectivity index is 3.41. The van der Waals surface area contributed by atoms with Crippen molar-refractivity contribution in [1.82, 2.24) is 4.98 Å². The zero-order valence-corrected chi connectivity index (χ0v) is 9.65. The van der Waals surface area contributed by atoms with E-state index in [1.165, 1.54) is 20.0 Å². The third-order valence-electron chi connectivity index (χ3n) is 1.74. The number of nitrogens with zero attached hydrogens (tertiary/aromatic N) is 1. The third kappa shape index (κ3) is 2.92. The summed E-state index contributed by atoms with van der Waals surface area (Å²) in [6.45, 7) is 2.52. The molecule has 0 aliphatic carbocycles. The number of aliphatic hydroxyl groups is 1. The van der Waals surface area contributed by atoms with Gasteiger partial charge in [-0.2, -0.15) is 13.2 Å². The molecule has 1 N–H and O–H groups in total. The maximum absolute atomic E-state index is 12.6. The molecule has 0 aliphatic heterocycles. The van der Waals surface area contributed by atoms with E-state index in [4.69, 9.17) is 0 Å². The molecule has 15 heavy (non-hydrogen) atoms. The number of hydrogen-bond donors (Lipinski definition) is 1. The zero-order valence-electron chi connectivity index (χ0n) is 8.06. The van der Waals surface area contributed by atoms with E-state index >= 15 is 0 Å². The fourth-order valence-electron chi connectivity index (χ4n) is 1.14. The number of alkyl halides is 3. The van der Waals surface area contributed by atoms with Crippen molar-refractivity contribution in [2.75, 3.05) is 0 Å². The van der Waals surface area contributed by atoms with E-state index in [9.17, 15) is 18.3 Å². The van der Waals surface area contributed by atoms with Gasteiger partial charge in [-0.1, -0.05) is 0 Å². The van der Waals surface area contributed by atoms with Crippen molar-refractivity contribution in [2.45, 2.75) is 25.6 Å². The summed E-state index contributed by atoms with van der Waals surface area (Å²) in [5, 5.41) is 9.55. The minimum absolute atomic E-state index is 0.225. The predicted molar refractivity (Wildman–Crippen MR) is 52.2 cm³/mol. The summed E-state index contributed by atoms with van der Waals surface area (Å²) < 4.78 is 38.0. The van der Waals surface area contributed by atoms with Crippen molar-refractivity contribution in [2.24, 2.45) is 0 Å². The molecule has 84 valence electrons. The molecular formula is C9H9BrF3NO. The Bertz CT molecular complexity index is 371. The lowest BCUT2D eigenvalue weighted by atomic mass is 9.99. The Kier molecular flexibility index (Phi) is 3.11. The van der Waals surface area contributed by atoms with E-state index in [-0.39, 0.29) is 10.2 Å². The fraction of sp³-hybridized carbons (Fsp3) is 0.444. The van der Waals surface area contributed by atoms with Gasteiger partial charge < -0.3 is 5.11 Å². The van der Waals surface area contributed by atoms with Gasteiger partial charge in [0.05, 0.1) is 11.3 Å². The van der Waals surface area contributed by atoms with Crippen LogP contribution in [-0.4, -0.2) is 10.1 Å². The first-order valence-electron chi connectivity index (χ1n) is 4.08. The average molecular weight is 284 g/mol. The molecule has 6 heteroatoms. The first-order chi connectivity index (χ1) is 6.62. The zero-order chi connectivity index (χ0) is 11.9. The SMILES string of the molecule is CC(C)(O)c1ncc(Br)cc1C(F)(F)F. The lowest BCUT2D eigenvalue weighted by Gasteiger charge is -2.21. The standard InChI is InChI=1S/C9H9BrF3NO/c1-8(2,15)7-6(9(11,12)13)3-5(10)4-14-7/h3-4,15H,1-2H3. The molecule has 1 aromatic heterocycles. The Morgan fingerprint density at radius 2 is 1.87 bits per heavy atom. The van der Waals surface area contributed by atoms with Crippen LogP contribution < -0.4 is 0 Å². The Morgan fingerprint density at radius 3 is 2.27 bits per heavy atom. The van der Waals surface area contributed by atoms with Crippen LogP contribution in [-0.2, 0) is 11.8 Å². The van der Waals surface area contributed by atoms with Crippen LogP contribution in [0.1, 0.15) is 25.1 Å². The maximum Gasteiger partial charge on any atom is 0.418 e. The molecule has 0 radical (unpaired) electrons. The van der Waals surface area contributed by atoms with Crippen LogP contribution in [0.25, 0.3) is 0 Å². The highest BCUT2D eigenvalue weighted by atomic mass is 79.9. The van der Waals surface area contributed by atoms with Crippen molar-refractivity contribution >= 4 is 15.9 Å². The normalized spacial score (nSPS) is 13.0. The second kappa shape index (κ2) is 3.75. The van der Waals surface area contributed by atoms with Crippen LogP contribution in [0.15, 0.2) is 16.7 Å². The second-order valence-corrected chi connectivity index (χ2v) is 4.52. The van der Waals surface area contributed by atoms with Gasteiger partial charge in [0.15, 0.2) is 0 Å². The number of hydrogen-bond acceptors (Lipinski definition) is 2. The summed E-state index contributed by atoms with van der Waals surface area (Å²) >= 11 is 2.91. The van der Waals surface area contributed by atoms with Crippen LogP contribution >= 0.6 is 15.9 Å². The molecular weight excluding hydrogens is 275 g/mol. The van der Waals surface area contributed by atoms with E-state index in [0.29, 0.717) is 0 Å². The van der Waals surface area contributed by atoms with Gasteiger partial charge in [-0.25, -0.2) is 0 Å². The van der Waals surface area contributed by atoms with Gasteiger partial charge in [-0.3, -0.25) is 4.98 Å². The minimum Gasteiger partial charge on any atom is -0.384 e. The Hall–Kier alpha value is -0.620. The van der Waals surface area contributed by atoms with Crippen molar-refractivity contribution < 1.29 is 18.3 Å². The summed E-state index contributed by atoms with van der Waals surface area (Å²) in [5.41, 5.74) is -2.92. The Morgan fingerprint density at radius 1 is 1.33 bits per heavy atom. The molecule has 0 saturated heterocycles. The molecule has 0 fully saturated rings. The molecule has 0 bridgehead atoms. The molecule has 0 amide bonds. The van der Waals surface area contributed by atoms with Crippen LogP contribution in [0.3, 0.4) is 0 Å². The van der Waals surface area contributed by atoms with Gasteiger partial charge >= 0.3 is 6.18 Å². The summed E-state index contributed by atoms with van der Waals surface area (Å²) in [6, 6.07) is 0.903. The van der Waals surface area contributed by atoms with E-state index in [0.717, 1.165) is 6.07 Å². The van der Waals surface area contributed by atoms with Gasteiger partial charge in [0.2, 0.25) is 0 Å². The highest BCUT2D eigenvalue weighted by Gasteiger charge is 2.38. The summed E-state index contributed by atoms with van der Waals surface area (Å²) in [5.74, 6) is 0. The molecule has 1 rings (SSSR count). The summed E-state index contributed by atoms with van der Waals surface area (Å²) in [6.07, 6.45) is -3.30. The van der Waals surface area contributed by atoms with Gasteiger partial charge in [0.1, 0.15) is 5.60 Å². The monoisotopic (exact) mass is 283 g/mol. The first kappa shape index (κ1) is 12.4. The summed E-state index contributed by atoms with van der Waals surface area (Å²) in [7, 11) is 0. The van der Waals surface area contributed by atoms with Crippen molar-refractivity contribution in [3.63, 3.8) is 0 Å². The lowest BCUT2D eigenvalue weighted by Crippen LogP contribution is -2.23. The number of rotatable bonds is 1.